The number of hydrogen-bond acceptors (Lipinski definition) is 3. The van der Waals surface area contributed by atoms with Crippen LogP contribution in [0.25, 0.3) is 0 Å². The van der Waals surface area contributed by atoms with E-state index in [9.17, 15) is 5.11 Å². The summed E-state index contributed by atoms with van der Waals surface area (Å²) in [6.07, 6.45) is 1.37. The van der Waals surface area contributed by atoms with E-state index in [-0.39, 0.29) is 12.0 Å². The molecule has 1 rings (SSSR count). The van der Waals surface area contributed by atoms with Gasteiger partial charge in [0.1, 0.15) is 0 Å². The zero-order chi connectivity index (χ0) is 7.61. The van der Waals surface area contributed by atoms with Gasteiger partial charge in [-0.05, 0) is 12.8 Å². The van der Waals surface area contributed by atoms with Crippen molar-refractivity contribution in [3.63, 3.8) is 0 Å². The number of aliphatic hydroxyl groups excluding tert-OH is 2. The van der Waals surface area contributed by atoms with Crippen molar-refractivity contribution in [2.24, 2.45) is 5.41 Å². The van der Waals surface area contributed by atoms with Crippen molar-refractivity contribution in [2.75, 3.05) is 20.3 Å². The molecule has 10 heavy (non-hydrogen) atoms. The molecular formula is C7H14O3. The van der Waals surface area contributed by atoms with Gasteiger partial charge in [0.2, 0.25) is 0 Å². The molecule has 0 heterocycles. The van der Waals surface area contributed by atoms with E-state index in [2.05, 4.69) is 0 Å². The van der Waals surface area contributed by atoms with Crippen LogP contribution in [0.4, 0.5) is 0 Å². The second-order valence-corrected chi connectivity index (χ2v) is 2.99. The molecule has 2 N–H and O–H groups in total. The lowest BCUT2D eigenvalue weighted by Crippen LogP contribution is -2.29. The smallest absolute Gasteiger partial charge is 0.0851 e. The van der Waals surface area contributed by atoms with Crippen LogP contribution in [0.1, 0.15) is 12.8 Å². The van der Waals surface area contributed by atoms with Gasteiger partial charge in [0.15, 0.2) is 0 Å². The maximum atomic E-state index is 9.35. The van der Waals surface area contributed by atoms with Crippen molar-refractivity contribution in [3.05, 3.63) is 0 Å². The van der Waals surface area contributed by atoms with Crippen molar-refractivity contribution < 1.29 is 14.9 Å². The summed E-state index contributed by atoms with van der Waals surface area (Å²) in [6.45, 7) is 0.415. The van der Waals surface area contributed by atoms with Gasteiger partial charge in [0.05, 0.1) is 19.3 Å². The standard InChI is InChI=1S/C7H14O3/c1-10-4-6(9)7(5-8)2-3-7/h6,8-9H,2-5H2,1H3. The van der Waals surface area contributed by atoms with E-state index in [0.717, 1.165) is 12.8 Å². The molecule has 0 aromatic carbocycles. The fraction of sp³-hybridized carbons (Fsp3) is 1.00. The lowest BCUT2D eigenvalue weighted by Gasteiger charge is -2.18. The van der Waals surface area contributed by atoms with Crippen molar-refractivity contribution in [3.8, 4) is 0 Å². The number of methoxy groups -OCH3 is 1. The van der Waals surface area contributed by atoms with Gasteiger partial charge in [-0.15, -0.1) is 0 Å². The molecule has 1 unspecified atom stereocenters. The first kappa shape index (κ1) is 7.98. The van der Waals surface area contributed by atoms with Gasteiger partial charge in [-0.1, -0.05) is 0 Å². The Hall–Kier alpha value is -0.120. The Morgan fingerprint density at radius 2 is 2.20 bits per heavy atom. The molecule has 0 amide bonds. The number of rotatable bonds is 4. The molecule has 1 aliphatic rings. The molecule has 1 atom stereocenters. The molecule has 3 nitrogen and oxygen atoms in total. The molecule has 0 aromatic rings. The third-order valence-corrected chi connectivity index (χ3v) is 2.24. The summed E-state index contributed by atoms with van der Waals surface area (Å²) in [5, 5.41) is 18.2. The molecule has 1 fully saturated rings. The van der Waals surface area contributed by atoms with Gasteiger partial charge in [0.25, 0.3) is 0 Å². The molecule has 3 heteroatoms. The highest BCUT2D eigenvalue weighted by atomic mass is 16.5. The van der Waals surface area contributed by atoms with Gasteiger partial charge in [0, 0.05) is 12.5 Å². The Morgan fingerprint density at radius 1 is 1.60 bits per heavy atom. The first-order valence-electron chi connectivity index (χ1n) is 3.53. The summed E-state index contributed by atoms with van der Waals surface area (Å²) in [5.74, 6) is 0. The quantitative estimate of drug-likeness (QED) is 0.576. The minimum atomic E-state index is -0.484. The second kappa shape index (κ2) is 2.86. The third-order valence-electron chi connectivity index (χ3n) is 2.24. The molecule has 0 radical (unpaired) electrons. The first-order chi connectivity index (χ1) is 4.75. The van der Waals surface area contributed by atoms with E-state index in [1.54, 1.807) is 7.11 Å². The molecule has 0 saturated heterocycles. The van der Waals surface area contributed by atoms with Crippen LogP contribution in [0.5, 0.6) is 0 Å². The Kier molecular flexibility index (Phi) is 2.28. The fourth-order valence-electron chi connectivity index (χ4n) is 1.09. The largest absolute Gasteiger partial charge is 0.396 e. The number of ether oxygens (including phenoxy) is 1. The van der Waals surface area contributed by atoms with E-state index < -0.39 is 6.10 Å². The monoisotopic (exact) mass is 146 g/mol. The predicted molar refractivity (Wildman–Crippen MR) is 36.6 cm³/mol. The average Bonchev–Trinajstić information content (AvgIpc) is 2.68. The molecule has 0 aliphatic heterocycles. The Morgan fingerprint density at radius 3 is 2.50 bits per heavy atom. The van der Waals surface area contributed by atoms with Crippen LogP contribution in [0.2, 0.25) is 0 Å². The Labute approximate surface area is 60.6 Å². The molecule has 0 bridgehead atoms. The number of aliphatic hydroxyl groups is 2. The maximum absolute atomic E-state index is 9.35. The second-order valence-electron chi connectivity index (χ2n) is 2.99. The Balaban J connectivity index is 2.32. The van der Waals surface area contributed by atoms with Crippen molar-refractivity contribution >= 4 is 0 Å². The average molecular weight is 146 g/mol. The van der Waals surface area contributed by atoms with Crippen molar-refractivity contribution in [2.45, 2.75) is 18.9 Å². The topological polar surface area (TPSA) is 49.7 Å². The highest BCUT2D eigenvalue weighted by molar-refractivity contribution is 4.98. The Bertz CT molecular complexity index is 109. The van der Waals surface area contributed by atoms with Gasteiger partial charge >= 0.3 is 0 Å². The van der Waals surface area contributed by atoms with E-state index in [1.807, 2.05) is 0 Å². The molecule has 0 aromatic heterocycles. The summed E-state index contributed by atoms with van der Waals surface area (Å²) in [7, 11) is 1.55. The predicted octanol–water partition coefficient (Wildman–Crippen LogP) is -0.234. The van der Waals surface area contributed by atoms with Crippen LogP contribution in [0.15, 0.2) is 0 Å². The van der Waals surface area contributed by atoms with Gasteiger partial charge in [-0.2, -0.15) is 0 Å². The van der Waals surface area contributed by atoms with E-state index >= 15 is 0 Å². The van der Waals surface area contributed by atoms with Gasteiger partial charge in [-0.25, -0.2) is 0 Å². The van der Waals surface area contributed by atoms with Crippen molar-refractivity contribution in [1.82, 2.24) is 0 Å². The molecule has 1 aliphatic carbocycles. The minimum absolute atomic E-state index is 0.0809. The van der Waals surface area contributed by atoms with Crippen LogP contribution >= 0.6 is 0 Å². The lowest BCUT2D eigenvalue weighted by atomic mass is 10.0. The fourth-order valence-corrected chi connectivity index (χ4v) is 1.09. The SMILES string of the molecule is COCC(O)C1(CO)CC1. The van der Waals surface area contributed by atoms with E-state index in [1.165, 1.54) is 0 Å². The lowest BCUT2D eigenvalue weighted by molar-refractivity contribution is -0.00610. The van der Waals surface area contributed by atoms with Crippen LogP contribution in [0, 0.1) is 5.41 Å². The summed E-state index contributed by atoms with van der Waals surface area (Å²) in [5.41, 5.74) is -0.212. The van der Waals surface area contributed by atoms with E-state index in [4.69, 9.17) is 9.84 Å². The summed E-state index contributed by atoms with van der Waals surface area (Å²) >= 11 is 0. The number of hydrogen-bond donors (Lipinski definition) is 2. The highest BCUT2D eigenvalue weighted by Gasteiger charge is 2.48. The van der Waals surface area contributed by atoms with Crippen LogP contribution in [-0.4, -0.2) is 36.6 Å². The van der Waals surface area contributed by atoms with Crippen molar-refractivity contribution in [1.29, 1.82) is 0 Å². The molecular weight excluding hydrogens is 132 g/mol. The third kappa shape index (κ3) is 1.31. The first-order valence-corrected chi connectivity index (χ1v) is 3.53. The molecule has 0 spiro atoms. The summed E-state index contributed by atoms with van der Waals surface area (Å²) < 4.78 is 4.77. The zero-order valence-corrected chi connectivity index (χ0v) is 6.21. The van der Waals surface area contributed by atoms with Crippen LogP contribution < -0.4 is 0 Å². The van der Waals surface area contributed by atoms with Gasteiger partial charge in [-0.3, -0.25) is 0 Å². The highest BCUT2D eigenvalue weighted by Crippen LogP contribution is 2.48. The van der Waals surface area contributed by atoms with Crippen LogP contribution in [-0.2, 0) is 4.74 Å². The molecule has 60 valence electrons. The summed E-state index contributed by atoms with van der Waals surface area (Å²) in [4.78, 5) is 0. The maximum Gasteiger partial charge on any atom is 0.0851 e. The normalized spacial score (nSPS) is 24.3. The van der Waals surface area contributed by atoms with E-state index in [0.29, 0.717) is 6.61 Å². The van der Waals surface area contributed by atoms with Gasteiger partial charge < -0.3 is 14.9 Å². The zero-order valence-electron chi connectivity index (χ0n) is 6.21. The van der Waals surface area contributed by atoms with Crippen LogP contribution in [0.3, 0.4) is 0 Å². The minimum Gasteiger partial charge on any atom is -0.396 e. The summed E-state index contributed by atoms with van der Waals surface area (Å²) in [6, 6.07) is 0. The molecule has 1 saturated carbocycles.